The third kappa shape index (κ3) is 3.52. The van der Waals surface area contributed by atoms with E-state index in [9.17, 15) is 4.39 Å². The Morgan fingerprint density at radius 3 is 2.65 bits per heavy atom. The van der Waals surface area contributed by atoms with E-state index in [1.165, 1.54) is 38.2 Å². The second kappa shape index (κ2) is 5.49. The summed E-state index contributed by atoms with van der Waals surface area (Å²) in [5.74, 6) is -0.197. The molecule has 0 heterocycles. The van der Waals surface area contributed by atoms with Gasteiger partial charge in [0.25, 0.3) is 0 Å². The second-order valence-electron chi connectivity index (χ2n) is 5.22. The molecule has 0 saturated heterocycles. The molecule has 2 rings (SSSR count). The smallest absolute Gasteiger partial charge is 0.137 e. The van der Waals surface area contributed by atoms with Crippen molar-refractivity contribution in [2.75, 3.05) is 0 Å². The first kappa shape index (κ1) is 13.0. The van der Waals surface area contributed by atoms with Crippen molar-refractivity contribution < 1.29 is 4.39 Å². The molecule has 1 fully saturated rings. The van der Waals surface area contributed by atoms with Crippen LogP contribution < -0.4 is 5.32 Å². The minimum atomic E-state index is -0.197. The van der Waals surface area contributed by atoms with Crippen molar-refractivity contribution in [1.82, 2.24) is 5.32 Å². The van der Waals surface area contributed by atoms with Crippen molar-refractivity contribution in [3.05, 3.63) is 34.1 Å². The zero-order chi connectivity index (χ0) is 12.3. The molecule has 1 aromatic rings. The van der Waals surface area contributed by atoms with Gasteiger partial charge in [0.2, 0.25) is 0 Å². The maximum atomic E-state index is 13.1. The van der Waals surface area contributed by atoms with Gasteiger partial charge in [-0.1, -0.05) is 25.3 Å². The van der Waals surface area contributed by atoms with Gasteiger partial charge in [-0.3, -0.25) is 0 Å². The van der Waals surface area contributed by atoms with Crippen molar-refractivity contribution in [1.29, 1.82) is 0 Å². The standard InChI is InChI=1S/C14H19BrFN/c1-14(7-3-2-4-8-14)17-10-11-5-6-13(16)12(15)9-11/h5-6,9,17H,2-4,7-8,10H2,1H3. The Balaban J connectivity index is 1.94. The van der Waals surface area contributed by atoms with Crippen LogP contribution in [0.1, 0.15) is 44.6 Å². The molecule has 0 aliphatic heterocycles. The number of benzene rings is 1. The lowest BCUT2D eigenvalue weighted by molar-refractivity contribution is 0.252. The van der Waals surface area contributed by atoms with Crippen molar-refractivity contribution in [3.63, 3.8) is 0 Å². The molecule has 3 heteroatoms. The van der Waals surface area contributed by atoms with E-state index in [0.29, 0.717) is 4.47 Å². The molecule has 1 aromatic carbocycles. The molecule has 0 unspecified atom stereocenters. The predicted molar refractivity (Wildman–Crippen MR) is 72.4 cm³/mol. The SMILES string of the molecule is CC1(NCc2ccc(F)c(Br)c2)CCCCC1. The van der Waals surface area contributed by atoms with Crippen LogP contribution >= 0.6 is 15.9 Å². The van der Waals surface area contributed by atoms with Crippen LogP contribution in [-0.2, 0) is 6.54 Å². The van der Waals surface area contributed by atoms with E-state index < -0.39 is 0 Å². The fraction of sp³-hybridized carbons (Fsp3) is 0.571. The Kier molecular flexibility index (Phi) is 4.21. The van der Waals surface area contributed by atoms with Crippen LogP contribution in [0.4, 0.5) is 4.39 Å². The second-order valence-corrected chi connectivity index (χ2v) is 6.08. The largest absolute Gasteiger partial charge is 0.307 e. The summed E-state index contributed by atoms with van der Waals surface area (Å²) < 4.78 is 13.6. The topological polar surface area (TPSA) is 12.0 Å². The lowest BCUT2D eigenvalue weighted by atomic mass is 9.83. The number of rotatable bonds is 3. The predicted octanol–water partition coefficient (Wildman–Crippen LogP) is 4.40. The minimum Gasteiger partial charge on any atom is -0.307 e. The quantitative estimate of drug-likeness (QED) is 0.872. The third-order valence-corrected chi connectivity index (χ3v) is 4.27. The zero-order valence-corrected chi connectivity index (χ0v) is 11.8. The number of hydrogen-bond donors (Lipinski definition) is 1. The molecule has 1 aliphatic carbocycles. The Labute approximate surface area is 111 Å². The highest BCUT2D eigenvalue weighted by Crippen LogP contribution is 2.28. The Morgan fingerprint density at radius 1 is 1.29 bits per heavy atom. The zero-order valence-electron chi connectivity index (χ0n) is 10.2. The summed E-state index contributed by atoms with van der Waals surface area (Å²) in [5.41, 5.74) is 1.39. The van der Waals surface area contributed by atoms with Crippen LogP contribution in [0.25, 0.3) is 0 Å². The molecular formula is C14H19BrFN. The molecule has 17 heavy (non-hydrogen) atoms. The van der Waals surface area contributed by atoms with Gasteiger partial charge in [-0.2, -0.15) is 0 Å². The summed E-state index contributed by atoms with van der Waals surface area (Å²) in [5, 5.41) is 3.62. The van der Waals surface area contributed by atoms with Crippen LogP contribution in [0.5, 0.6) is 0 Å². The molecule has 0 aromatic heterocycles. The van der Waals surface area contributed by atoms with Gasteiger partial charge < -0.3 is 5.32 Å². The van der Waals surface area contributed by atoms with Crippen LogP contribution in [0.2, 0.25) is 0 Å². The molecule has 1 nitrogen and oxygen atoms in total. The van der Waals surface area contributed by atoms with Crippen LogP contribution in [0, 0.1) is 5.82 Å². The lowest BCUT2D eigenvalue weighted by Crippen LogP contribution is -2.43. The number of halogens is 2. The van der Waals surface area contributed by atoms with E-state index in [0.717, 1.165) is 12.1 Å². The highest BCUT2D eigenvalue weighted by atomic mass is 79.9. The molecule has 0 atom stereocenters. The number of nitrogens with one attached hydrogen (secondary N) is 1. The Morgan fingerprint density at radius 2 is 2.00 bits per heavy atom. The van der Waals surface area contributed by atoms with Crippen LogP contribution in [0.15, 0.2) is 22.7 Å². The maximum absolute atomic E-state index is 13.1. The minimum absolute atomic E-state index is 0.197. The fourth-order valence-electron chi connectivity index (χ4n) is 2.47. The first-order chi connectivity index (χ1) is 8.09. The van der Waals surface area contributed by atoms with Gasteiger partial charge in [-0.25, -0.2) is 4.39 Å². The van der Waals surface area contributed by atoms with Gasteiger partial charge in [0, 0.05) is 12.1 Å². The summed E-state index contributed by atoms with van der Waals surface area (Å²) >= 11 is 3.22. The molecule has 0 spiro atoms. The van der Waals surface area contributed by atoms with Gasteiger partial charge in [0.1, 0.15) is 5.82 Å². The highest BCUT2D eigenvalue weighted by molar-refractivity contribution is 9.10. The average molecular weight is 300 g/mol. The maximum Gasteiger partial charge on any atom is 0.137 e. The van der Waals surface area contributed by atoms with Crippen molar-refractivity contribution in [2.45, 2.75) is 51.1 Å². The lowest BCUT2D eigenvalue weighted by Gasteiger charge is -2.34. The first-order valence-electron chi connectivity index (χ1n) is 6.28. The Hall–Kier alpha value is -0.410. The number of hydrogen-bond acceptors (Lipinski definition) is 1. The molecule has 0 amide bonds. The first-order valence-corrected chi connectivity index (χ1v) is 7.07. The molecule has 0 bridgehead atoms. The highest BCUT2D eigenvalue weighted by Gasteiger charge is 2.25. The molecule has 94 valence electrons. The van der Waals surface area contributed by atoms with E-state index in [2.05, 4.69) is 28.2 Å². The summed E-state index contributed by atoms with van der Waals surface area (Å²) in [4.78, 5) is 0. The van der Waals surface area contributed by atoms with E-state index in [1.54, 1.807) is 0 Å². The van der Waals surface area contributed by atoms with Gasteiger partial charge in [-0.05, 0) is 53.4 Å². The van der Waals surface area contributed by atoms with Crippen molar-refractivity contribution in [2.24, 2.45) is 0 Å². The van der Waals surface area contributed by atoms with Crippen LogP contribution in [0.3, 0.4) is 0 Å². The molecule has 1 aliphatic rings. The Bertz CT molecular complexity index is 386. The molecule has 1 saturated carbocycles. The molecule has 1 N–H and O–H groups in total. The van der Waals surface area contributed by atoms with Crippen molar-refractivity contribution >= 4 is 15.9 Å². The third-order valence-electron chi connectivity index (χ3n) is 3.66. The van der Waals surface area contributed by atoms with Gasteiger partial charge in [0.05, 0.1) is 4.47 Å². The molecular weight excluding hydrogens is 281 g/mol. The summed E-state index contributed by atoms with van der Waals surface area (Å²) in [6.45, 7) is 3.11. The normalized spacial score (nSPS) is 19.2. The summed E-state index contributed by atoms with van der Waals surface area (Å²) in [6.07, 6.45) is 6.48. The van der Waals surface area contributed by atoms with Gasteiger partial charge in [-0.15, -0.1) is 0 Å². The van der Waals surface area contributed by atoms with E-state index in [-0.39, 0.29) is 11.4 Å². The average Bonchev–Trinajstić information content (AvgIpc) is 2.32. The van der Waals surface area contributed by atoms with Gasteiger partial charge >= 0.3 is 0 Å². The van der Waals surface area contributed by atoms with Crippen LogP contribution in [-0.4, -0.2) is 5.54 Å². The summed E-state index contributed by atoms with van der Waals surface area (Å²) in [7, 11) is 0. The molecule has 0 radical (unpaired) electrons. The van der Waals surface area contributed by atoms with Crippen molar-refractivity contribution in [3.8, 4) is 0 Å². The monoisotopic (exact) mass is 299 g/mol. The summed E-state index contributed by atoms with van der Waals surface area (Å²) in [6, 6.07) is 5.22. The fourth-order valence-corrected chi connectivity index (χ4v) is 2.90. The van der Waals surface area contributed by atoms with E-state index >= 15 is 0 Å². The van der Waals surface area contributed by atoms with E-state index in [4.69, 9.17) is 0 Å². The van der Waals surface area contributed by atoms with E-state index in [1.807, 2.05) is 12.1 Å². The van der Waals surface area contributed by atoms with Gasteiger partial charge in [0.15, 0.2) is 0 Å².